The summed E-state index contributed by atoms with van der Waals surface area (Å²) < 4.78 is 5.53. The second kappa shape index (κ2) is 6.79. The summed E-state index contributed by atoms with van der Waals surface area (Å²) in [5, 5.41) is 8.89. The highest BCUT2D eigenvalue weighted by Gasteiger charge is 2.21. The van der Waals surface area contributed by atoms with Crippen LogP contribution in [0.2, 0.25) is 0 Å². The first-order valence-corrected chi connectivity index (χ1v) is 9.95. The van der Waals surface area contributed by atoms with Gasteiger partial charge in [-0.1, -0.05) is 18.2 Å². The number of nitrogens with zero attached hydrogens (tertiary/aromatic N) is 3. The Balaban J connectivity index is 1.71. The minimum Gasteiger partial charge on any atom is -0.378 e. The van der Waals surface area contributed by atoms with Crippen molar-refractivity contribution in [3.05, 3.63) is 53.5 Å². The van der Waals surface area contributed by atoms with E-state index in [9.17, 15) is 0 Å². The molecule has 1 aromatic carbocycles. The van der Waals surface area contributed by atoms with Gasteiger partial charge < -0.3 is 9.64 Å². The molecule has 27 heavy (non-hydrogen) atoms. The van der Waals surface area contributed by atoms with Crippen LogP contribution >= 0.6 is 11.3 Å². The Morgan fingerprint density at radius 3 is 2.70 bits per heavy atom. The molecule has 1 aliphatic heterocycles. The van der Waals surface area contributed by atoms with Gasteiger partial charge in [-0.2, -0.15) is 5.10 Å². The van der Waals surface area contributed by atoms with Gasteiger partial charge in [-0.15, -0.1) is 11.3 Å². The van der Waals surface area contributed by atoms with Crippen LogP contribution in [0.5, 0.6) is 0 Å². The third-order valence-corrected chi connectivity index (χ3v) is 6.01. The van der Waals surface area contributed by atoms with Crippen LogP contribution in [0.1, 0.15) is 4.88 Å². The van der Waals surface area contributed by atoms with Crippen molar-refractivity contribution < 1.29 is 4.74 Å². The Bertz CT molecular complexity index is 1090. The lowest BCUT2D eigenvalue weighted by Crippen LogP contribution is -2.36. The number of hydrogen-bond donors (Lipinski definition) is 1. The second-order valence-corrected chi connectivity index (χ2v) is 7.97. The Morgan fingerprint density at radius 1 is 1.04 bits per heavy atom. The maximum Gasteiger partial charge on any atom is 0.156 e. The molecular formula is C21H20N4OS. The number of aromatic nitrogens is 3. The Hall–Kier alpha value is -2.70. The molecule has 0 bridgehead atoms. The predicted molar refractivity (Wildman–Crippen MR) is 110 cm³/mol. The van der Waals surface area contributed by atoms with Gasteiger partial charge in [-0.3, -0.25) is 5.10 Å². The zero-order valence-electron chi connectivity index (χ0n) is 15.1. The molecule has 0 unspecified atom stereocenters. The standard InChI is InChI=1S/C21H20N4OS/c1-14-6-7-18(27-14)16-8-9-22-21-19(16)20(23-24-21)15-4-2-3-5-17(15)25-10-12-26-13-11-25/h2-9H,10-13H2,1H3,(H,22,23,24). The molecule has 1 fully saturated rings. The number of anilines is 1. The number of hydrogen-bond acceptors (Lipinski definition) is 5. The summed E-state index contributed by atoms with van der Waals surface area (Å²) in [6.07, 6.45) is 1.85. The normalized spacial score (nSPS) is 14.8. The van der Waals surface area contributed by atoms with Gasteiger partial charge in [-0.05, 0) is 31.2 Å². The number of para-hydroxylation sites is 1. The molecule has 0 radical (unpaired) electrons. The monoisotopic (exact) mass is 376 g/mol. The summed E-state index contributed by atoms with van der Waals surface area (Å²) in [5.41, 5.74) is 5.30. The third kappa shape index (κ3) is 2.91. The SMILES string of the molecule is Cc1ccc(-c2ccnc3[nH]nc(-c4ccccc4N4CCOCC4)c23)s1. The zero-order chi connectivity index (χ0) is 18.2. The topological polar surface area (TPSA) is 54.0 Å². The van der Waals surface area contributed by atoms with Crippen LogP contribution in [0.3, 0.4) is 0 Å². The molecule has 6 heteroatoms. The summed E-state index contributed by atoms with van der Waals surface area (Å²) in [4.78, 5) is 9.44. The minimum absolute atomic E-state index is 0.761. The molecule has 4 aromatic rings. The summed E-state index contributed by atoms with van der Waals surface area (Å²) in [5.74, 6) is 0. The van der Waals surface area contributed by atoms with Crippen molar-refractivity contribution in [2.24, 2.45) is 0 Å². The lowest BCUT2D eigenvalue weighted by atomic mass is 10.0. The molecule has 1 aliphatic rings. The van der Waals surface area contributed by atoms with Gasteiger partial charge in [0.1, 0.15) is 5.69 Å². The van der Waals surface area contributed by atoms with E-state index < -0.39 is 0 Å². The number of ether oxygens (including phenoxy) is 1. The molecular weight excluding hydrogens is 356 g/mol. The number of benzene rings is 1. The van der Waals surface area contributed by atoms with Crippen LogP contribution in [-0.2, 0) is 4.74 Å². The Kier molecular flexibility index (Phi) is 4.14. The number of aryl methyl sites for hydroxylation is 1. The zero-order valence-corrected chi connectivity index (χ0v) is 15.9. The van der Waals surface area contributed by atoms with E-state index in [4.69, 9.17) is 4.74 Å². The first-order chi connectivity index (χ1) is 13.3. The quantitative estimate of drug-likeness (QED) is 0.572. The molecule has 0 spiro atoms. The maximum absolute atomic E-state index is 5.53. The van der Waals surface area contributed by atoms with Crippen LogP contribution in [-0.4, -0.2) is 41.5 Å². The number of nitrogens with one attached hydrogen (secondary N) is 1. The van der Waals surface area contributed by atoms with Crippen molar-refractivity contribution in [1.29, 1.82) is 0 Å². The predicted octanol–water partition coefficient (Wildman–Crippen LogP) is 4.50. The van der Waals surface area contributed by atoms with Crippen LogP contribution in [0.4, 0.5) is 5.69 Å². The molecule has 0 saturated carbocycles. The summed E-state index contributed by atoms with van der Waals surface area (Å²) in [6, 6.07) is 14.9. The Labute approximate surface area is 161 Å². The van der Waals surface area contributed by atoms with Gasteiger partial charge in [0, 0.05) is 45.9 Å². The highest BCUT2D eigenvalue weighted by Crippen LogP contribution is 2.40. The van der Waals surface area contributed by atoms with Gasteiger partial charge in [0.25, 0.3) is 0 Å². The third-order valence-electron chi connectivity index (χ3n) is 4.98. The average molecular weight is 376 g/mol. The number of H-pyrrole nitrogens is 1. The second-order valence-electron chi connectivity index (χ2n) is 6.68. The van der Waals surface area contributed by atoms with E-state index in [1.165, 1.54) is 21.0 Å². The fourth-order valence-electron chi connectivity index (χ4n) is 3.68. The van der Waals surface area contributed by atoms with E-state index >= 15 is 0 Å². The van der Waals surface area contributed by atoms with Gasteiger partial charge in [0.15, 0.2) is 5.65 Å². The Morgan fingerprint density at radius 2 is 1.89 bits per heavy atom. The molecule has 4 heterocycles. The first kappa shape index (κ1) is 16.5. The summed E-state index contributed by atoms with van der Waals surface area (Å²) >= 11 is 1.80. The largest absolute Gasteiger partial charge is 0.378 e. The van der Waals surface area contributed by atoms with Crippen LogP contribution < -0.4 is 4.90 Å². The van der Waals surface area contributed by atoms with E-state index in [1.54, 1.807) is 11.3 Å². The van der Waals surface area contributed by atoms with Crippen molar-refractivity contribution in [1.82, 2.24) is 15.2 Å². The van der Waals surface area contributed by atoms with Crippen molar-refractivity contribution in [2.45, 2.75) is 6.92 Å². The van der Waals surface area contributed by atoms with Crippen LogP contribution in [0.25, 0.3) is 32.7 Å². The molecule has 3 aromatic heterocycles. The molecule has 5 nitrogen and oxygen atoms in total. The highest BCUT2D eigenvalue weighted by molar-refractivity contribution is 7.15. The van der Waals surface area contributed by atoms with Crippen LogP contribution in [0.15, 0.2) is 48.7 Å². The average Bonchev–Trinajstić information content (AvgIpc) is 3.35. The number of fused-ring (bicyclic) bond motifs is 1. The first-order valence-electron chi connectivity index (χ1n) is 9.13. The summed E-state index contributed by atoms with van der Waals surface area (Å²) in [7, 11) is 0. The van der Waals surface area contributed by atoms with E-state index in [1.807, 2.05) is 6.20 Å². The lowest BCUT2D eigenvalue weighted by molar-refractivity contribution is 0.123. The smallest absolute Gasteiger partial charge is 0.156 e. The molecule has 136 valence electrons. The number of rotatable bonds is 3. The van der Waals surface area contributed by atoms with Crippen molar-refractivity contribution in [3.8, 4) is 21.7 Å². The van der Waals surface area contributed by atoms with Gasteiger partial charge in [-0.25, -0.2) is 4.98 Å². The van der Waals surface area contributed by atoms with E-state index in [-0.39, 0.29) is 0 Å². The van der Waals surface area contributed by atoms with Gasteiger partial charge in [0.2, 0.25) is 0 Å². The van der Waals surface area contributed by atoms with E-state index in [0.29, 0.717) is 0 Å². The van der Waals surface area contributed by atoms with Crippen molar-refractivity contribution >= 4 is 28.1 Å². The molecule has 0 amide bonds. The number of thiophene rings is 1. The number of aromatic amines is 1. The molecule has 0 atom stereocenters. The fraction of sp³-hybridized carbons (Fsp3) is 0.238. The fourth-order valence-corrected chi connectivity index (χ4v) is 4.58. The molecule has 1 saturated heterocycles. The van der Waals surface area contributed by atoms with Crippen LogP contribution in [0, 0.1) is 6.92 Å². The van der Waals surface area contributed by atoms with E-state index in [2.05, 4.69) is 69.5 Å². The number of pyridine rings is 1. The maximum atomic E-state index is 5.53. The molecule has 1 N–H and O–H groups in total. The van der Waals surface area contributed by atoms with Gasteiger partial charge in [0.05, 0.1) is 18.6 Å². The van der Waals surface area contributed by atoms with Crippen molar-refractivity contribution in [3.63, 3.8) is 0 Å². The lowest BCUT2D eigenvalue weighted by Gasteiger charge is -2.30. The van der Waals surface area contributed by atoms with Crippen molar-refractivity contribution in [2.75, 3.05) is 31.2 Å². The minimum atomic E-state index is 0.761. The van der Waals surface area contributed by atoms with Gasteiger partial charge >= 0.3 is 0 Å². The highest BCUT2D eigenvalue weighted by atomic mass is 32.1. The number of morpholine rings is 1. The van der Waals surface area contributed by atoms with E-state index in [0.717, 1.165) is 48.6 Å². The summed E-state index contributed by atoms with van der Waals surface area (Å²) in [6.45, 7) is 5.45. The molecule has 5 rings (SSSR count). The molecule has 0 aliphatic carbocycles.